The summed E-state index contributed by atoms with van der Waals surface area (Å²) in [5.74, 6) is -0.302. The van der Waals surface area contributed by atoms with Crippen LogP contribution in [0.5, 0.6) is 11.5 Å². The van der Waals surface area contributed by atoms with Gasteiger partial charge in [-0.05, 0) is 69.7 Å². The molecule has 7 nitrogen and oxygen atoms in total. The number of amides is 1. The van der Waals surface area contributed by atoms with E-state index in [-0.39, 0.29) is 5.57 Å². The molecule has 0 aromatic heterocycles. The average Bonchev–Trinajstić information content (AvgIpc) is 3.12. The van der Waals surface area contributed by atoms with E-state index in [0.717, 1.165) is 18.5 Å². The van der Waals surface area contributed by atoms with E-state index in [4.69, 9.17) is 9.47 Å². The number of hydrogen-bond donors (Lipinski definition) is 1. The number of carbonyl (C=O) groups excluding carboxylic acids is 2. The van der Waals surface area contributed by atoms with E-state index in [2.05, 4.69) is 0 Å². The van der Waals surface area contributed by atoms with Crippen molar-refractivity contribution in [2.45, 2.75) is 32.7 Å². The van der Waals surface area contributed by atoms with Gasteiger partial charge in [0.05, 0.1) is 24.8 Å². The second kappa shape index (κ2) is 12.9. The second-order valence-electron chi connectivity index (χ2n) is 8.92. The van der Waals surface area contributed by atoms with Gasteiger partial charge >= 0.3 is 0 Å². The summed E-state index contributed by atoms with van der Waals surface area (Å²) in [4.78, 5) is 30.1. The standard InChI is InChI=1S/C29H36N2O5/c1-5-19-36-24-16-14-22(20-25(24)35-6-2)27-26(23(32)15-13-21-11-8-7-9-12-21)28(33)29(34)31(27)18-10-17-30(3)4/h7-9,11-16,20,27,33H,5-6,10,17-19H2,1-4H3. The minimum Gasteiger partial charge on any atom is -0.503 e. The van der Waals surface area contributed by atoms with E-state index >= 15 is 0 Å². The Morgan fingerprint density at radius 2 is 1.83 bits per heavy atom. The average molecular weight is 493 g/mol. The molecule has 36 heavy (non-hydrogen) atoms. The van der Waals surface area contributed by atoms with Gasteiger partial charge in [0.1, 0.15) is 0 Å². The summed E-state index contributed by atoms with van der Waals surface area (Å²) < 4.78 is 11.7. The predicted octanol–water partition coefficient (Wildman–Crippen LogP) is 4.80. The minimum atomic E-state index is -0.730. The molecule has 0 saturated carbocycles. The summed E-state index contributed by atoms with van der Waals surface area (Å²) in [6, 6.07) is 14.1. The fourth-order valence-corrected chi connectivity index (χ4v) is 4.16. The zero-order valence-electron chi connectivity index (χ0n) is 21.6. The first kappa shape index (κ1) is 27.0. The number of aliphatic hydroxyl groups is 1. The third-order valence-electron chi connectivity index (χ3n) is 5.85. The molecule has 0 bridgehead atoms. The number of aliphatic hydroxyl groups excluding tert-OH is 1. The molecular weight excluding hydrogens is 456 g/mol. The molecule has 192 valence electrons. The lowest BCUT2D eigenvalue weighted by atomic mass is 9.95. The Labute approximate surface area is 213 Å². The van der Waals surface area contributed by atoms with Gasteiger partial charge in [0.15, 0.2) is 23.0 Å². The van der Waals surface area contributed by atoms with Gasteiger partial charge in [-0.3, -0.25) is 9.59 Å². The highest BCUT2D eigenvalue weighted by Crippen LogP contribution is 2.41. The van der Waals surface area contributed by atoms with E-state index in [0.29, 0.717) is 43.2 Å². The molecule has 1 amide bonds. The Bertz CT molecular complexity index is 1110. The molecule has 1 aliphatic heterocycles. The molecule has 1 heterocycles. The van der Waals surface area contributed by atoms with Crippen LogP contribution in [0.2, 0.25) is 0 Å². The van der Waals surface area contributed by atoms with Crippen molar-refractivity contribution < 1.29 is 24.2 Å². The molecule has 0 fully saturated rings. The van der Waals surface area contributed by atoms with Crippen LogP contribution in [-0.4, -0.2) is 67.0 Å². The fraction of sp³-hybridized carbons (Fsp3) is 0.379. The molecule has 1 unspecified atom stereocenters. The van der Waals surface area contributed by atoms with E-state index in [1.54, 1.807) is 23.1 Å². The van der Waals surface area contributed by atoms with Gasteiger partial charge in [-0.15, -0.1) is 0 Å². The number of ether oxygens (including phenoxy) is 2. The topological polar surface area (TPSA) is 79.3 Å². The number of rotatable bonds is 13. The monoisotopic (exact) mass is 492 g/mol. The third-order valence-corrected chi connectivity index (χ3v) is 5.85. The van der Waals surface area contributed by atoms with E-state index in [1.807, 2.05) is 69.2 Å². The van der Waals surface area contributed by atoms with Crippen molar-refractivity contribution in [3.63, 3.8) is 0 Å². The molecule has 2 aromatic carbocycles. The van der Waals surface area contributed by atoms with Crippen LogP contribution in [0.1, 0.15) is 43.9 Å². The maximum atomic E-state index is 13.4. The van der Waals surface area contributed by atoms with Gasteiger partial charge < -0.3 is 24.4 Å². The summed E-state index contributed by atoms with van der Waals surface area (Å²) in [7, 11) is 3.93. The first-order valence-corrected chi connectivity index (χ1v) is 12.4. The number of allylic oxidation sites excluding steroid dienone is 1. The van der Waals surface area contributed by atoms with Crippen molar-refractivity contribution in [1.82, 2.24) is 9.80 Å². The normalized spacial score (nSPS) is 15.9. The molecule has 1 N–H and O–H groups in total. The number of benzene rings is 2. The van der Waals surface area contributed by atoms with Crippen molar-refractivity contribution in [2.75, 3.05) is 40.4 Å². The smallest absolute Gasteiger partial charge is 0.290 e. The molecule has 0 spiro atoms. The molecule has 7 heteroatoms. The molecule has 1 aliphatic rings. The molecule has 0 aliphatic carbocycles. The van der Waals surface area contributed by atoms with Crippen LogP contribution >= 0.6 is 0 Å². The van der Waals surface area contributed by atoms with Crippen molar-refractivity contribution in [3.8, 4) is 11.5 Å². The van der Waals surface area contributed by atoms with E-state index in [1.165, 1.54) is 6.08 Å². The van der Waals surface area contributed by atoms with Crippen LogP contribution in [-0.2, 0) is 9.59 Å². The van der Waals surface area contributed by atoms with Crippen LogP contribution in [0.4, 0.5) is 0 Å². The van der Waals surface area contributed by atoms with Crippen LogP contribution in [0, 0.1) is 0 Å². The molecular formula is C29H36N2O5. The number of nitrogens with zero attached hydrogens (tertiary/aromatic N) is 2. The maximum absolute atomic E-state index is 13.4. The van der Waals surface area contributed by atoms with Gasteiger partial charge in [-0.2, -0.15) is 0 Å². The highest BCUT2D eigenvalue weighted by atomic mass is 16.5. The van der Waals surface area contributed by atoms with Crippen LogP contribution in [0.25, 0.3) is 6.08 Å². The molecule has 1 atom stereocenters. The summed E-state index contributed by atoms with van der Waals surface area (Å²) in [6.45, 7) is 6.06. The summed E-state index contributed by atoms with van der Waals surface area (Å²) in [5.41, 5.74) is 1.61. The second-order valence-corrected chi connectivity index (χ2v) is 8.92. The highest BCUT2D eigenvalue weighted by molar-refractivity contribution is 6.14. The molecule has 2 aromatic rings. The SMILES string of the molecule is CCCOc1ccc(C2C(C(=O)C=Cc3ccccc3)=C(O)C(=O)N2CCCN(C)C)cc1OCC. The first-order chi connectivity index (χ1) is 17.4. The van der Waals surface area contributed by atoms with Crippen molar-refractivity contribution in [1.29, 1.82) is 0 Å². The zero-order chi connectivity index (χ0) is 26.1. The summed E-state index contributed by atoms with van der Waals surface area (Å²) in [5, 5.41) is 10.8. The van der Waals surface area contributed by atoms with E-state index < -0.39 is 23.5 Å². The highest BCUT2D eigenvalue weighted by Gasteiger charge is 2.42. The Morgan fingerprint density at radius 3 is 2.50 bits per heavy atom. The van der Waals surface area contributed by atoms with Crippen LogP contribution < -0.4 is 9.47 Å². The number of hydrogen-bond acceptors (Lipinski definition) is 6. The maximum Gasteiger partial charge on any atom is 0.290 e. The fourth-order valence-electron chi connectivity index (χ4n) is 4.16. The molecule has 0 radical (unpaired) electrons. The lowest BCUT2D eigenvalue weighted by Gasteiger charge is -2.27. The van der Waals surface area contributed by atoms with Gasteiger partial charge in [0.25, 0.3) is 5.91 Å². The Balaban J connectivity index is 2.00. The van der Waals surface area contributed by atoms with Gasteiger partial charge in [-0.25, -0.2) is 0 Å². The molecule has 3 rings (SSSR count). The minimum absolute atomic E-state index is 0.0710. The number of carbonyl (C=O) groups is 2. The van der Waals surface area contributed by atoms with Crippen molar-refractivity contribution in [2.24, 2.45) is 0 Å². The zero-order valence-corrected chi connectivity index (χ0v) is 21.6. The lowest BCUT2D eigenvalue weighted by molar-refractivity contribution is -0.129. The lowest BCUT2D eigenvalue weighted by Crippen LogP contribution is -2.33. The van der Waals surface area contributed by atoms with Gasteiger partial charge in [0, 0.05) is 6.54 Å². The summed E-state index contributed by atoms with van der Waals surface area (Å²) in [6.07, 6.45) is 4.64. The Hall–Kier alpha value is -3.58. The molecule has 0 saturated heterocycles. The Kier molecular flexibility index (Phi) is 9.70. The van der Waals surface area contributed by atoms with E-state index in [9.17, 15) is 14.7 Å². The first-order valence-electron chi connectivity index (χ1n) is 12.4. The van der Waals surface area contributed by atoms with Crippen LogP contribution in [0.15, 0.2) is 65.9 Å². The quantitative estimate of drug-likeness (QED) is 0.405. The summed E-state index contributed by atoms with van der Waals surface area (Å²) >= 11 is 0. The Morgan fingerprint density at radius 1 is 1.08 bits per heavy atom. The van der Waals surface area contributed by atoms with Gasteiger partial charge in [0.2, 0.25) is 0 Å². The van der Waals surface area contributed by atoms with Crippen molar-refractivity contribution in [3.05, 3.63) is 77.1 Å². The van der Waals surface area contributed by atoms with Crippen molar-refractivity contribution >= 4 is 17.8 Å². The largest absolute Gasteiger partial charge is 0.503 e. The van der Waals surface area contributed by atoms with Crippen LogP contribution in [0.3, 0.4) is 0 Å². The third kappa shape index (κ3) is 6.55. The van der Waals surface area contributed by atoms with Gasteiger partial charge in [-0.1, -0.05) is 49.4 Å². The number of ketones is 1. The predicted molar refractivity (Wildman–Crippen MR) is 141 cm³/mol.